The van der Waals surface area contributed by atoms with Crippen molar-refractivity contribution in [2.45, 2.75) is 51.7 Å². The Morgan fingerprint density at radius 3 is 2.58 bits per heavy atom. The smallest absolute Gasteiger partial charge is 0.341 e. The lowest BCUT2D eigenvalue weighted by Crippen LogP contribution is -2.47. The molecule has 1 aliphatic carbocycles. The maximum atomic E-state index is 12.1. The largest absolute Gasteiger partial charge is 0.449 e. The summed E-state index contributed by atoms with van der Waals surface area (Å²) in [6.07, 6.45) is 2.87. The molecular formula is C17H23N3O4. The zero-order valence-corrected chi connectivity index (χ0v) is 13.9. The van der Waals surface area contributed by atoms with Crippen LogP contribution in [0.4, 0.5) is 10.5 Å². The molecule has 0 spiro atoms. The fraction of sp³-hybridized carbons (Fsp3) is 0.471. The van der Waals surface area contributed by atoms with Crippen molar-refractivity contribution in [1.82, 2.24) is 10.6 Å². The third-order valence-electron chi connectivity index (χ3n) is 4.12. The molecule has 0 bridgehead atoms. The van der Waals surface area contributed by atoms with E-state index in [1.807, 2.05) is 0 Å². The standard InChI is InChI=1S/C17H23N3O4/c1-10-6-5-9-13(14(10)18)16(22)24-11(2)15(21)20-17(23)19-12-7-3-4-8-12/h5-6,9,11-12H,3-4,7-8,18H2,1-2H3,(H2,19,20,21,23)/t11-/m0/s1. The number of ether oxygens (including phenoxy) is 1. The number of nitrogens with one attached hydrogen (secondary N) is 2. The predicted octanol–water partition coefficient (Wildman–Crippen LogP) is 1.89. The third kappa shape index (κ3) is 4.47. The van der Waals surface area contributed by atoms with Crippen molar-refractivity contribution in [2.24, 2.45) is 0 Å². The molecule has 0 aromatic heterocycles. The number of aryl methyl sites for hydroxylation is 1. The van der Waals surface area contributed by atoms with Crippen LogP contribution in [0.3, 0.4) is 0 Å². The van der Waals surface area contributed by atoms with Crippen molar-refractivity contribution in [3.8, 4) is 0 Å². The van der Waals surface area contributed by atoms with E-state index in [9.17, 15) is 14.4 Å². The number of carbonyl (C=O) groups excluding carboxylic acids is 3. The van der Waals surface area contributed by atoms with Crippen molar-refractivity contribution in [2.75, 3.05) is 5.73 Å². The Balaban J connectivity index is 1.87. The third-order valence-corrected chi connectivity index (χ3v) is 4.12. The van der Waals surface area contributed by atoms with Gasteiger partial charge in [-0.3, -0.25) is 10.1 Å². The molecule has 1 fully saturated rings. The van der Waals surface area contributed by atoms with Crippen LogP contribution in [0.1, 0.15) is 48.5 Å². The van der Waals surface area contributed by atoms with E-state index >= 15 is 0 Å². The predicted molar refractivity (Wildman–Crippen MR) is 89.4 cm³/mol. The molecule has 0 radical (unpaired) electrons. The van der Waals surface area contributed by atoms with Gasteiger partial charge in [-0.25, -0.2) is 9.59 Å². The van der Waals surface area contributed by atoms with Crippen LogP contribution in [0.25, 0.3) is 0 Å². The summed E-state index contributed by atoms with van der Waals surface area (Å²) in [5.74, 6) is -1.37. The Morgan fingerprint density at radius 2 is 1.92 bits per heavy atom. The molecule has 1 aromatic rings. The van der Waals surface area contributed by atoms with Crippen LogP contribution < -0.4 is 16.4 Å². The second kappa shape index (κ2) is 7.81. The van der Waals surface area contributed by atoms with Gasteiger partial charge in [0, 0.05) is 11.7 Å². The lowest BCUT2D eigenvalue weighted by atomic mass is 10.1. The first kappa shape index (κ1) is 17.8. The van der Waals surface area contributed by atoms with E-state index in [1.165, 1.54) is 13.0 Å². The minimum Gasteiger partial charge on any atom is -0.449 e. The van der Waals surface area contributed by atoms with E-state index < -0.39 is 24.0 Å². The summed E-state index contributed by atoms with van der Waals surface area (Å²) < 4.78 is 5.09. The molecule has 7 nitrogen and oxygen atoms in total. The lowest BCUT2D eigenvalue weighted by molar-refractivity contribution is -0.127. The van der Waals surface area contributed by atoms with Crippen molar-refractivity contribution >= 4 is 23.6 Å². The van der Waals surface area contributed by atoms with Crippen LogP contribution in [0.15, 0.2) is 18.2 Å². The summed E-state index contributed by atoms with van der Waals surface area (Å²) in [5.41, 5.74) is 7.10. The lowest BCUT2D eigenvalue weighted by Gasteiger charge is -2.16. The zero-order valence-electron chi connectivity index (χ0n) is 13.9. The number of hydrogen-bond acceptors (Lipinski definition) is 5. The number of nitrogens with two attached hydrogens (primary N) is 1. The number of rotatable bonds is 4. The molecule has 1 aliphatic rings. The highest BCUT2D eigenvalue weighted by atomic mass is 16.5. The number of benzene rings is 1. The second-order valence-corrected chi connectivity index (χ2v) is 6.03. The van der Waals surface area contributed by atoms with E-state index in [0.29, 0.717) is 5.69 Å². The monoisotopic (exact) mass is 333 g/mol. The average Bonchev–Trinajstić information content (AvgIpc) is 3.02. The summed E-state index contributed by atoms with van der Waals surface area (Å²) in [5, 5.41) is 4.93. The van der Waals surface area contributed by atoms with Crippen molar-refractivity contribution in [1.29, 1.82) is 0 Å². The summed E-state index contributed by atoms with van der Waals surface area (Å²) >= 11 is 0. The van der Waals surface area contributed by atoms with E-state index in [4.69, 9.17) is 10.5 Å². The molecule has 1 saturated carbocycles. The van der Waals surface area contributed by atoms with Crippen LogP contribution >= 0.6 is 0 Å². The molecule has 2 rings (SSSR count). The first-order chi connectivity index (χ1) is 11.4. The van der Waals surface area contributed by atoms with Crippen molar-refractivity contribution < 1.29 is 19.1 Å². The number of para-hydroxylation sites is 1. The first-order valence-corrected chi connectivity index (χ1v) is 8.06. The number of nitrogen functional groups attached to an aromatic ring is 1. The van der Waals surface area contributed by atoms with Gasteiger partial charge in [0.2, 0.25) is 0 Å². The van der Waals surface area contributed by atoms with Gasteiger partial charge in [-0.1, -0.05) is 25.0 Å². The number of anilines is 1. The Labute approximate surface area is 140 Å². The Kier molecular flexibility index (Phi) is 5.78. The van der Waals surface area contributed by atoms with Crippen LogP contribution in [0.2, 0.25) is 0 Å². The van der Waals surface area contributed by atoms with Gasteiger partial charge in [-0.15, -0.1) is 0 Å². The summed E-state index contributed by atoms with van der Waals surface area (Å²) in [7, 11) is 0. The maximum absolute atomic E-state index is 12.1. The molecule has 1 aromatic carbocycles. The van der Waals surface area contributed by atoms with Crippen LogP contribution in [-0.2, 0) is 9.53 Å². The molecule has 1 atom stereocenters. The minimum atomic E-state index is -1.10. The minimum absolute atomic E-state index is 0.0998. The highest BCUT2D eigenvalue weighted by molar-refractivity contribution is 6.00. The quantitative estimate of drug-likeness (QED) is 0.575. The number of esters is 1. The fourth-order valence-corrected chi connectivity index (χ4v) is 2.64. The maximum Gasteiger partial charge on any atom is 0.341 e. The number of amides is 3. The highest BCUT2D eigenvalue weighted by Gasteiger charge is 2.24. The van der Waals surface area contributed by atoms with Crippen molar-refractivity contribution in [3.05, 3.63) is 29.3 Å². The van der Waals surface area contributed by atoms with Gasteiger partial charge >= 0.3 is 12.0 Å². The van der Waals surface area contributed by atoms with Crippen LogP contribution in [-0.4, -0.2) is 30.1 Å². The molecule has 4 N–H and O–H groups in total. The van der Waals surface area contributed by atoms with E-state index in [2.05, 4.69) is 10.6 Å². The topological polar surface area (TPSA) is 111 Å². The van der Waals surface area contributed by atoms with Crippen molar-refractivity contribution in [3.63, 3.8) is 0 Å². The van der Waals surface area contributed by atoms with E-state index in [0.717, 1.165) is 31.2 Å². The molecule has 0 heterocycles. The SMILES string of the molecule is Cc1cccc(C(=O)O[C@@H](C)C(=O)NC(=O)NC2CCCC2)c1N. The molecule has 7 heteroatoms. The molecule has 24 heavy (non-hydrogen) atoms. The Bertz CT molecular complexity index is 639. The summed E-state index contributed by atoms with van der Waals surface area (Å²) in [6.45, 7) is 3.18. The van der Waals surface area contributed by atoms with Gasteiger partial charge in [-0.2, -0.15) is 0 Å². The van der Waals surface area contributed by atoms with Gasteiger partial charge < -0.3 is 15.8 Å². The van der Waals surface area contributed by atoms with Gasteiger partial charge in [0.15, 0.2) is 6.10 Å². The Hall–Kier alpha value is -2.57. The highest BCUT2D eigenvalue weighted by Crippen LogP contribution is 2.18. The van der Waals surface area contributed by atoms with Gasteiger partial charge in [0.25, 0.3) is 5.91 Å². The van der Waals surface area contributed by atoms with Crippen LogP contribution in [0, 0.1) is 6.92 Å². The van der Waals surface area contributed by atoms with E-state index in [-0.39, 0.29) is 11.6 Å². The number of imide groups is 1. The second-order valence-electron chi connectivity index (χ2n) is 6.03. The molecule has 3 amide bonds. The number of hydrogen-bond donors (Lipinski definition) is 3. The summed E-state index contributed by atoms with van der Waals surface area (Å²) in [6, 6.07) is 4.52. The molecule has 0 unspecified atom stereocenters. The normalized spacial score (nSPS) is 15.6. The molecule has 0 aliphatic heterocycles. The van der Waals surface area contributed by atoms with Gasteiger partial charge in [0.1, 0.15) is 0 Å². The van der Waals surface area contributed by atoms with Gasteiger partial charge in [-0.05, 0) is 38.3 Å². The number of carbonyl (C=O) groups is 3. The van der Waals surface area contributed by atoms with E-state index in [1.54, 1.807) is 19.1 Å². The molecule has 0 saturated heterocycles. The van der Waals surface area contributed by atoms with Gasteiger partial charge in [0.05, 0.1) is 5.56 Å². The first-order valence-electron chi connectivity index (χ1n) is 8.06. The number of urea groups is 1. The zero-order chi connectivity index (χ0) is 17.7. The fourth-order valence-electron chi connectivity index (χ4n) is 2.64. The molecular weight excluding hydrogens is 310 g/mol. The summed E-state index contributed by atoms with van der Waals surface area (Å²) in [4.78, 5) is 35.8. The van der Waals surface area contributed by atoms with Crippen LogP contribution in [0.5, 0.6) is 0 Å². The average molecular weight is 333 g/mol. The Morgan fingerprint density at radius 1 is 1.25 bits per heavy atom. The molecule has 130 valence electrons.